The van der Waals surface area contributed by atoms with Gasteiger partial charge in [0.05, 0.1) is 13.2 Å². The maximum atomic E-state index is 11.9. The Balaban J connectivity index is 0.000000408. The summed E-state index contributed by atoms with van der Waals surface area (Å²) in [5, 5.41) is 3.27. The quantitative estimate of drug-likeness (QED) is 0.225. The van der Waals surface area contributed by atoms with Gasteiger partial charge in [0.15, 0.2) is 22.4 Å². The minimum absolute atomic E-state index is 0.00753. The fourth-order valence-corrected chi connectivity index (χ4v) is 4.63. The molecule has 0 saturated carbocycles. The van der Waals surface area contributed by atoms with E-state index in [1.165, 1.54) is 6.92 Å². The smallest absolute Gasteiger partial charge is 0.269 e. The number of carbonyl (C=O) groups is 2. The van der Waals surface area contributed by atoms with E-state index in [2.05, 4.69) is 96.9 Å². The van der Waals surface area contributed by atoms with Crippen molar-refractivity contribution in [2.24, 2.45) is 5.92 Å². The van der Waals surface area contributed by atoms with Gasteiger partial charge >= 0.3 is 0 Å². The highest BCUT2D eigenvalue weighted by Crippen LogP contribution is 2.37. The number of aromatic nitrogens is 2. The normalized spacial score (nSPS) is 12.6. The van der Waals surface area contributed by atoms with Gasteiger partial charge in [0.2, 0.25) is 0 Å². The molecule has 0 atom stereocenters. The lowest BCUT2D eigenvalue weighted by Crippen LogP contribution is -2.40. The summed E-state index contributed by atoms with van der Waals surface area (Å²) in [6.07, 6.45) is 3.46. The maximum Gasteiger partial charge on any atom is 0.269 e. The summed E-state index contributed by atoms with van der Waals surface area (Å²) in [6.45, 7) is 29.7. The van der Waals surface area contributed by atoms with Gasteiger partial charge in [0, 0.05) is 25.9 Å². The SMILES string of the molecule is CC(=O)c1ccc(CO[Si](C)(C)C(C)(C)C)cn1.CC(C)CNC(=O)c1ccc(CO[Si](C)(C)C(C)(C)C)cn1. The topological polar surface area (TPSA) is 90.4 Å². The zero-order chi connectivity index (χ0) is 30.9. The number of carbonyl (C=O) groups excluding carboxylic acids is 2. The van der Waals surface area contributed by atoms with Gasteiger partial charge in [-0.3, -0.25) is 19.6 Å². The van der Waals surface area contributed by atoms with E-state index in [4.69, 9.17) is 8.85 Å². The molecule has 2 heterocycles. The van der Waals surface area contributed by atoms with Crippen molar-refractivity contribution in [1.82, 2.24) is 15.3 Å². The van der Waals surface area contributed by atoms with Crippen LogP contribution in [0.2, 0.25) is 36.3 Å². The van der Waals surface area contributed by atoms with Gasteiger partial charge in [-0.25, -0.2) is 0 Å². The molecule has 0 bridgehead atoms. The Hall–Kier alpha value is -2.21. The molecule has 2 rings (SSSR count). The van der Waals surface area contributed by atoms with Crippen LogP contribution in [-0.4, -0.2) is 44.8 Å². The molecule has 0 aliphatic rings. The maximum absolute atomic E-state index is 11.9. The highest BCUT2D eigenvalue weighted by Gasteiger charge is 2.37. The number of nitrogens with one attached hydrogen (secondary N) is 1. The van der Waals surface area contributed by atoms with Crippen LogP contribution in [-0.2, 0) is 22.1 Å². The van der Waals surface area contributed by atoms with Crippen LogP contribution in [0.15, 0.2) is 36.7 Å². The van der Waals surface area contributed by atoms with Gasteiger partial charge in [-0.15, -0.1) is 0 Å². The van der Waals surface area contributed by atoms with Crippen LogP contribution in [0.3, 0.4) is 0 Å². The van der Waals surface area contributed by atoms with Crippen molar-refractivity contribution < 1.29 is 18.4 Å². The molecule has 40 heavy (non-hydrogen) atoms. The van der Waals surface area contributed by atoms with Crippen LogP contribution < -0.4 is 5.32 Å². The Labute approximate surface area is 245 Å². The van der Waals surface area contributed by atoms with Gasteiger partial charge in [-0.05, 0) is 65.4 Å². The second kappa shape index (κ2) is 14.6. The number of rotatable bonds is 10. The van der Waals surface area contributed by atoms with E-state index in [9.17, 15) is 9.59 Å². The van der Waals surface area contributed by atoms with Crippen LogP contribution in [0, 0.1) is 5.92 Å². The monoisotopic (exact) mass is 587 g/mol. The molecule has 2 aromatic rings. The molecule has 1 amide bonds. The molecule has 1 N–H and O–H groups in total. The van der Waals surface area contributed by atoms with E-state index in [0.717, 1.165) is 11.1 Å². The standard InChI is InChI=1S/C17H30N2O2Si.C14H23NO2Si/c1-13(2)10-19-16(20)15-9-8-14(11-18-15)12-21-22(6,7)17(3,4)5;1-11(16)13-8-7-12(9-15-13)10-17-18(5,6)14(2,3)4/h8-9,11,13H,10,12H2,1-7H3,(H,19,20);7-9H,10H2,1-6H3. The fourth-order valence-electron chi connectivity index (χ4n) is 2.71. The molecule has 0 aliphatic heterocycles. The first-order valence-electron chi connectivity index (χ1n) is 14.1. The van der Waals surface area contributed by atoms with Crippen molar-refractivity contribution in [3.63, 3.8) is 0 Å². The van der Waals surface area contributed by atoms with Gasteiger partial charge < -0.3 is 14.2 Å². The molecule has 0 saturated heterocycles. The van der Waals surface area contributed by atoms with Gasteiger partial charge in [0.1, 0.15) is 11.4 Å². The predicted molar refractivity (Wildman–Crippen MR) is 170 cm³/mol. The number of amides is 1. The Morgan fingerprint density at radius 1 is 0.775 bits per heavy atom. The van der Waals surface area contributed by atoms with Crippen LogP contribution >= 0.6 is 0 Å². The Morgan fingerprint density at radius 2 is 1.18 bits per heavy atom. The Kier molecular flexibility index (Phi) is 13.1. The number of hydrogen-bond donors (Lipinski definition) is 1. The zero-order valence-corrected chi connectivity index (χ0v) is 29.2. The van der Waals surface area contributed by atoms with Crippen molar-refractivity contribution >= 4 is 28.3 Å². The first-order chi connectivity index (χ1) is 18.2. The van der Waals surface area contributed by atoms with E-state index >= 15 is 0 Å². The summed E-state index contributed by atoms with van der Waals surface area (Å²) >= 11 is 0. The molecule has 0 aromatic carbocycles. The summed E-state index contributed by atoms with van der Waals surface area (Å²) in [4.78, 5) is 31.4. The summed E-state index contributed by atoms with van der Waals surface area (Å²) in [6, 6.07) is 7.36. The third-order valence-corrected chi connectivity index (χ3v) is 16.7. The number of nitrogens with zero attached hydrogens (tertiary/aromatic N) is 2. The summed E-state index contributed by atoms with van der Waals surface area (Å²) < 4.78 is 12.3. The minimum atomic E-state index is -1.76. The van der Waals surface area contributed by atoms with Crippen LogP contribution in [0.4, 0.5) is 0 Å². The molecule has 224 valence electrons. The zero-order valence-electron chi connectivity index (χ0n) is 27.2. The van der Waals surface area contributed by atoms with E-state index in [1.807, 2.05) is 12.1 Å². The summed E-state index contributed by atoms with van der Waals surface area (Å²) in [7, 11) is -3.47. The first-order valence-corrected chi connectivity index (χ1v) is 19.9. The minimum Gasteiger partial charge on any atom is -0.413 e. The molecule has 9 heteroatoms. The van der Waals surface area contributed by atoms with E-state index in [0.29, 0.717) is 37.1 Å². The number of ketones is 1. The Morgan fingerprint density at radius 3 is 1.48 bits per heavy atom. The second-order valence-electron chi connectivity index (χ2n) is 13.9. The second-order valence-corrected chi connectivity index (χ2v) is 23.5. The van der Waals surface area contributed by atoms with E-state index in [-0.39, 0.29) is 21.8 Å². The van der Waals surface area contributed by atoms with Crippen LogP contribution in [0.5, 0.6) is 0 Å². The van der Waals surface area contributed by atoms with Gasteiger partial charge in [-0.1, -0.05) is 67.5 Å². The lowest BCUT2D eigenvalue weighted by Gasteiger charge is -2.36. The molecule has 0 fully saturated rings. The predicted octanol–water partition coefficient (Wildman–Crippen LogP) is 7.80. The van der Waals surface area contributed by atoms with Crippen molar-refractivity contribution in [3.05, 3.63) is 59.2 Å². The lowest BCUT2D eigenvalue weighted by molar-refractivity contribution is 0.0943. The first kappa shape index (κ1) is 35.8. The summed E-state index contributed by atoms with van der Waals surface area (Å²) in [5.74, 6) is 0.304. The van der Waals surface area contributed by atoms with E-state index < -0.39 is 16.6 Å². The third-order valence-electron chi connectivity index (χ3n) is 7.73. The van der Waals surface area contributed by atoms with Gasteiger partial charge in [-0.2, -0.15) is 0 Å². The fraction of sp³-hybridized carbons (Fsp3) is 0.613. The number of Topliss-reactive ketones (excluding diaryl/α,β-unsaturated/α-hetero) is 1. The van der Waals surface area contributed by atoms with Crippen molar-refractivity contribution in [1.29, 1.82) is 0 Å². The molecule has 2 aromatic heterocycles. The lowest BCUT2D eigenvalue weighted by atomic mass is 10.2. The average Bonchev–Trinajstić information content (AvgIpc) is 2.84. The van der Waals surface area contributed by atoms with Gasteiger partial charge in [0.25, 0.3) is 5.91 Å². The summed E-state index contributed by atoms with van der Waals surface area (Å²) in [5.41, 5.74) is 2.98. The highest BCUT2D eigenvalue weighted by molar-refractivity contribution is 6.74. The van der Waals surface area contributed by atoms with Crippen molar-refractivity contribution in [2.75, 3.05) is 6.54 Å². The largest absolute Gasteiger partial charge is 0.413 e. The van der Waals surface area contributed by atoms with Crippen molar-refractivity contribution in [3.8, 4) is 0 Å². The molecular weight excluding hydrogens is 535 g/mol. The molecule has 0 aliphatic carbocycles. The molecule has 0 radical (unpaired) electrons. The van der Waals surface area contributed by atoms with Crippen LogP contribution in [0.1, 0.15) is 94.4 Å². The molecule has 7 nitrogen and oxygen atoms in total. The number of pyridine rings is 2. The number of hydrogen-bond acceptors (Lipinski definition) is 6. The molecule has 0 spiro atoms. The van der Waals surface area contributed by atoms with Crippen molar-refractivity contribution in [2.45, 2.75) is 112 Å². The Bertz CT molecular complexity index is 1090. The third kappa shape index (κ3) is 11.7. The molecule has 0 unspecified atom stereocenters. The average molecular weight is 588 g/mol. The molecular formula is C31H53N3O4Si2. The van der Waals surface area contributed by atoms with Crippen LogP contribution in [0.25, 0.3) is 0 Å². The van der Waals surface area contributed by atoms with E-state index in [1.54, 1.807) is 24.5 Å². The highest BCUT2D eigenvalue weighted by atomic mass is 28.4.